The molecular formula is C18H16BrN3O3. The third-order valence-corrected chi connectivity index (χ3v) is 3.99. The number of rotatable bonds is 6. The molecule has 0 radical (unpaired) electrons. The molecule has 0 aliphatic heterocycles. The van der Waals surface area contributed by atoms with E-state index in [4.69, 9.17) is 9.47 Å². The Kier molecular flexibility index (Phi) is 5.35. The van der Waals surface area contributed by atoms with Crippen molar-refractivity contribution in [2.24, 2.45) is 5.10 Å². The molecule has 0 bridgehead atoms. The lowest BCUT2D eigenvalue weighted by Gasteiger charge is -2.05. The minimum atomic E-state index is -0.340. The van der Waals surface area contributed by atoms with Crippen LogP contribution in [0.4, 0.5) is 0 Å². The van der Waals surface area contributed by atoms with Gasteiger partial charge in [-0.2, -0.15) is 5.10 Å². The summed E-state index contributed by atoms with van der Waals surface area (Å²) in [6.45, 7) is -0.122. The second-order valence-corrected chi connectivity index (χ2v) is 6.11. The van der Waals surface area contributed by atoms with Gasteiger partial charge in [-0.05, 0) is 42.5 Å². The van der Waals surface area contributed by atoms with Crippen LogP contribution < -0.4 is 14.9 Å². The maximum absolute atomic E-state index is 11.8. The number of amides is 1. The summed E-state index contributed by atoms with van der Waals surface area (Å²) < 4.78 is 11.4. The highest BCUT2D eigenvalue weighted by Crippen LogP contribution is 2.21. The molecule has 0 spiro atoms. The molecule has 25 heavy (non-hydrogen) atoms. The number of fused-ring (bicyclic) bond motifs is 1. The number of H-pyrrole nitrogens is 1. The van der Waals surface area contributed by atoms with E-state index in [-0.39, 0.29) is 12.5 Å². The van der Waals surface area contributed by atoms with E-state index in [0.717, 1.165) is 26.7 Å². The van der Waals surface area contributed by atoms with Crippen molar-refractivity contribution in [2.75, 3.05) is 13.7 Å². The SMILES string of the molecule is COc1ccc(OCC(=O)N/N=C/c2c[nH]c3ccc(Br)cc23)cc1. The lowest BCUT2D eigenvalue weighted by atomic mass is 10.2. The standard InChI is InChI=1S/C18H16BrN3O3/c1-24-14-3-5-15(6-4-14)25-11-18(23)22-21-10-12-9-20-17-7-2-13(19)8-16(12)17/h2-10,20H,11H2,1H3,(H,22,23)/b21-10+. The monoisotopic (exact) mass is 401 g/mol. The van der Waals surface area contributed by atoms with Gasteiger partial charge in [0.25, 0.3) is 5.91 Å². The number of halogens is 1. The highest BCUT2D eigenvalue weighted by molar-refractivity contribution is 9.10. The number of aromatic nitrogens is 1. The first kappa shape index (κ1) is 17.0. The zero-order valence-corrected chi connectivity index (χ0v) is 15.0. The topological polar surface area (TPSA) is 75.7 Å². The number of hydrazone groups is 1. The van der Waals surface area contributed by atoms with E-state index in [1.165, 1.54) is 0 Å². The van der Waals surface area contributed by atoms with Crippen LogP contribution in [0.5, 0.6) is 11.5 Å². The van der Waals surface area contributed by atoms with Crippen LogP contribution >= 0.6 is 15.9 Å². The number of carbonyl (C=O) groups is 1. The Hall–Kier alpha value is -2.80. The number of methoxy groups -OCH3 is 1. The van der Waals surface area contributed by atoms with Crippen LogP contribution in [0.25, 0.3) is 10.9 Å². The van der Waals surface area contributed by atoms with Crippen molar-refractivity contribution in [3.63, 3.8) is 0 Å². The second kappa shape index (κ2) is 7.85. The predicted octanol–water partition coefficient (Wildman–Crippen LogP) is 3.47. The number of benzene rings is 2. The zero-order valence-electron chi connectivity index (χ0n) is 13.5. The van der Waals surface area contributed by atoms with Gasteiger partial charge >= 0.3 is 0 Å². The molecule has 1 amide bonds. The average Bonchev–Trinajstić information content (AvgIpc) is 3.02. The van der Waals surface area contributed by atoms with Gasteiger partial charge in [0, 0.05) is 27.1 Å². The molecule has 6 nitrogen and oxygen atoms in total. The zero-order chi connectivity index (χ0) is 17.6. The minimum absolute atomic E-state index is 0.122. The fraction of sp³-hybridized carbons (Fsp3) is 0.111. The molecule has 1 heterocycles. The number of hydrogen-bond donors (Lipinski definition) is 2. The lowest BCUT2D eigenvalue weighted by Crippen LogP contribution is -2.24. The van der Waals surface area contributed by atoms with Gasteiger partial charge in [-0.15, -0.1) is 0 Å². The molecule has 0 saturated heterocycles. The van der Waals surface area contributed by atoms with Crippen LogP contribution in [0.2, 0.25) is 0 Å². The number of nitrogens with one attached hydrogen (secondary N) is 2. The molecule has 1 aromatic heterocycles. The van der Waals surface area contributed by atoms with Gasteiger partial charge in [-0.25, -0.2) is 5.43 Å². The Bertz CT molecular complexity index is 904. The fourth-order valence-corrected chi connectivity index (χ4v) is 2.61. The molecule has 0 saturated carbocycles. The molecular weight excluding hydrogens is 386 g/mol. The summed E-state index contributed by atoms with van der Waals surface area (Å²) in [5.74, 6) is 0.973. The highest BCUT2D eigenvalue weighted by Gasteiger charge is 2.04. The smallest absolute Gasteiger partial charge is 0.277 e. The summed E-state index contributed by atoms with van der Waals surface area (Å²) in [5.41, 5.74) is 4.33. The number of hydrogen-bond acceptors (Lipinski definition) is 4. The predicted molar refractivity (Wildman–Crippen MR) is 100 cm³/mol. The molecule has 128 valence electrons. The summed E-state index contributed by atoms with van der Waals surface area (Å²) in [5, 5.41) is 4.99. The maximum Gasteiger partial charge on any atom is 0.277 e. The summed E-state index contributed by atoms with van der Waals surface area (Å²) in [4.78, 5) is 14.9. The molecule has 2 N–H and O–H groups in total. The molecule has 2 aromatic carbocycles. The van der Waals surface area contributed by atoms with Gasteiger partial charge in [-0.3, -0.25) is 4.79 Å². The van der Waals surface area contributed by atoms with Crippen molar-refractivity contribution in [3.8, 4) is 11.5 Å². The number of carbonyl (C=O) groups excluding carboxylic acids is 1. The van der Waals surface area contributed by atoms with E-state index >= 15 is 0 Å². The second-order valence-electron chi connectivity index (χ2n) is 5.19. The van der Waals surface area contributed by atoms with Crippen molar-refractivity contribution in [1.29, 1.82) is 0 Å². The van der Waals surface area contributed by atoms with Crippen molar-refractivity contribution in [2.45, 2.75) is 0 Å². The van der Waals surface area contributed by atoms with Crippen LogP contribution in [0.15, 0.2) is 58.2 Å². The van der Waals surface area contributed by atoms with Crippen molar-refractivity contribution >= 4 is 39.0 Å². The van der Waals surface area contributed by atoms with Crippen molar-refractivity contribution < 1.29 is 14.3 Å². The largest absolute Gasteiger partial charge is 0.497 e. The first-order valence-corrected chi connectivity index (χ1v) is 8.30. The Morgan fingerprint density at radius 3 is 2.76 bits per heavy atom. The first-order chi connectivity index (χ1) is 12.2. The van der Waals surface area contributed by atoms with Crippen LogP contribution in [0, 0.1) is 0 Å². The van der Waals surface area contributed by atoms with Crippen molar-refractivity contribution in [1.82, 2.24) is 10.4 Å². The van der Waals surface area contributed by atoms with E-state index in [1.54, 1.807) is 37.6 Å². The van der Waals surface area contributed by atoms with E-state index in [2.05, 4.69) is 31.4 Å². The van der Waals surface area contributed by atoms with Crippen molar-refractivity contribution in [3.05, 3.63) is 58.7 Å². The van der Waals surface area contributed by atoms with Crippen LogP contribution in [-0.4, -0.2) is 30.8 Å². The lowest BCUT2D eigenvalue weighted by molar-refractivity contribution is -0.123. The summed E-state index contributed by atoms with van der Waals surface area (Å²) in [7, 11) is 1.59. The third kappa shape index (κ3) is 4.39. The molecule has 0 fully saturated rings. The van der Waals surface area contributed by atoms with Crippen LogP contribution in [0.3, 0.4) is 0 Å². The molecule has 3 aromatic rings. The van der Waals surface area contributed by atoms with Gasteiger partial charge in [0.2, 0.25) is 0 Å². The van der Waals surface area contributed by atoms with Crippen LogP contribution in [-0.2, 0) is 4.79 Å². The maximum atomic E-state index is 11.8. The Labute approximate surface area is 153 Å². The van der Waals surface area contributed by atoms with E-state index in [0.29, 0.717) is 5.75 Å². The highest BCUT2D eigenvalue weighted by atomic mass is 79.9. The molecule has 0 atom stereocenters. The van der Waals surface area contributed by atoms with Crippen LogP contribution in [0.1, 0.15) is 5.56 Å². The summed E-state index contributed by atoms with van der Waals surface area (Å²) in [6, 6.07) is 12.9. The Morgan fingerprint density at radius 1 is 1.24 bits per heavy atom. The van der Waals surface area contributed by atoms with Gasteiger partial charge in [0.1, 0.15) is 11.5 Å². The summed E-state index contributed by atoms with van der Waals surface area (Å²) >= 11 is 3.44. The fourth-order valence-electron chi connectivity index (χ4n) is 2.25. The summed E-state index contributed by atoms with van der Waals surface area (Å²) in [6.07, 6.45) is 3.43. The molecule has 0 aliphatic rings. The van der Waals surface area contributed by atoms with Gasteiger partial charge in [-0.1, -0.05) is 15.9 Å². The number of ether oxygens (including phenoxy) is 2. The Morgan fingerprint density at radius 2 is 2.00 bits per heavy atom. The van der Waals surface area contributed by atoms with E-state index in [1.807, 2.05) is 24.4 Å². The minimum Gasteiger partial charge on any atom is -0.497 e. The number of nitrogens with zero attached hydrogens (tertiary/aromatic N) is 1. The van der Waals surface area contributed by atoms with Gasteiger partial charge in [0.05, 0.1) is 13.3 Å². The normalized spacial score (nSPS) is 11.0. The Balaban J connectivity index is 1.54. The van der Waals surface area contributed by atoms with E-state index < -0.39 is 0 Å². The van der Waals surface area contributed by atoms with Gasteiger partial charge in [0.15, 0.2) is 6.61 Å². The van der Waals surface area contributed by atoms with Gasteiger partial charge < -0.3 is 14.5 Å². The molecule has 0 unspecified atom stereocenters. The number of aromatic amines is 1. The molecule has 7 heteroatoms. The quantitative estimate of drug-likeness (QED) is 0.490. The first-order valence-electron chi connectivity index (χ1n) is 7.51. The third-order valence-electron chi connectivity index (χ3n) is 3.50. The average molecular weight is 402 g/mol. The molecule has 3 rings (SSSR count). The van der Waals surface area contributed by atoms with E-state index in [9.17, 15) is 4.79 Å². The molecule has 0 aliphatic carbocycles.